The Morgan fingerprint density at radius 1 is 1.07 bits per heavy atom. The van der Waals surface area contributed by atoms with Crippen LogP contribution < -0.4 is 0 Å². The van der Waals surface area contributed by atoms with E-state index in [0.29, 0.717) is 17.9 Å². The average molecular weight is 420 g/mol. The van der Waals surface area contributed by atoms with Crippen LogP contribution in [0.4, 0.5) is 4.79 Å². The smallest absolute Gasteiger partial charge is 0.325 e. The fourth-order valence-corrected chi connectivity index (χ4v) is 4.30. The van der Waals surface area contributed by atoms with Crippen LogP contribution >= 0.6 is 11.8 Å². The van der Waals surface area contributed by atoms with Gasteiger partial charge in [0, 0.05) is 29.2 Å². The zero-order chi connectivity index (χ0) is 21.1. The van der Waals surface area contributed by atoms with Gasteiger partial charge in [-0.15, -0.1) is 0 Å². The minimum absolute atomic E-state index is 0.0728. The number of aromatic nitrogens is 1. The minimum atomic E-state index is -0.358. The number of nitrogens with zero attached hydrogens (tertiary/aromatic N) is 2. The number of imide groups is 1. The van der Waals surface area contributed by atoms with E-state index in [-0.39, 0.29) is 23.7 Å². The second kappa shape index (κ2) is 8.59. The quantitative estimate of drug-likeness (QED) is 0.444. The van der Waals surface area contributed by atoms with Gasteiger partial charge in [-0.25, -0.2) is 0 Å². The number of benzene rings is 2. The highest BCUT2D eigenvalue weighted by molar-refractivity contribution is 8.18. The van der Waals surface area contributed by atoms with Crippen molar-refractivity contribution in [1.82, 2.24) is 9.47 Å². The predicted molar refractivity (Wildman–Crippen MR) is 117 cm³/mol. The number of rotatable bonds is 6. The summed E-state index contributed by atoms with van der Waals surface area (Å²) in [5, 5.41) is 0.637. The molecule has 3 aromatic rings. The zero-order valence-electron chi connectivity index (χ0n) is 16.4. The molecule has 2 heterocycles. The monoisotopic (exact) mass is 420 g/mol. The molecule has 2 amide bonds. The molecule has 0 unspecified atom stereocenters. The molecule has 1 aliphatic heterocycles. The minimum Gasteiger partial charge on any atom is -0.468 e. The first-order valence-electron chi connectivity index (χ1n) is 9.51. The van der Waals surface area contributed by atoms with E-state index in [0.717, 1.165) is 33.8 Å². The highest BCUT2D eigenvalue weighted by Crippen LogP contribution is 2.34. The van der Waals surface area contributed by atoms with Crippen molar-refractivity contribution in [3.8, 4) is 0 Å². The standard InChI is InChI=1S/C23H20N2O4S/c1-29-21(26)15-24-14-17(18-9-5-6-10-19(18)24)13-20-22(27)25(23(28)30-20)12-11-16-7-3-2-4-8-16/h2-10,13-14H,11-12,15H2,1H3/b20-13-. The van der Waals surface area contributed by atoms with Crippen molar-refractivity contribution < 1.29 is 19.1 Å². The van der Waals surface area contributed by atoms with E-state index in [2.05, 4.69) is 0 Å². The summed E-state index contributed by atoms with van der Waals surface area (Å²) >= 11 is 0.946. The second-order valence-corrected chi connectivity index (χ2v) is 7.87. The highest BCUT2D eigenvalue weighted by atomic mass is 32.2. The van der Waals surface area contributed by atoms with Gasteiger partial charge >= 0.3 is 5.97 Å². The van der Waals surface area contributed by atoms with Gasteiger partial charge in [-0.05, 0) is 35.9 Å². The van der Waals surface area contributed by atoms with Gasteiger partial charge in [-0.1, -0.05) is 48.5 Å². The summed E-state index contributed by atoms with van der Waals surface area (Å²) in [4.78, 5) is 38.7. The van der Waals surface area contributed by atoms with E-state index in [4.69, 9.17) is 4.74 Å². The molecule has 1 saturated heterocycles. The van der Waals surface area contributed by atoms with Crippen molar-refractivity contribution in [3.63, 3.8) is 0 Å². The van der Waals surface area contributed by atoms with Crippen LogP contribution in [0.25, 0.3) is 17.0 Å². The summed E-state index contributed by atoms with van der Waals surface area (Å²) in [6.45, 7) is 0.416. The first kappa shape index (κ1) is 20.0. The van der Waals surface area contributed by atoms with Gasteiger partial charge in [0.05, 0.1) is 12.0 Å². The number of carbonyl (C=O) groups excluding carboxylic acids is 3. The summed E-state index contributed by atoms with van der Waals surface area (Å²) < 4.78 is 6.55. The third-order valence-corrected chi connectivity index (χ3v) is 5.88. The molecule has 4 rings (SSSR count). The SMILES string of the molecule is COC(=O)Cn1cc(/C=C2\SC(=O)N(CCc3ccccc3)C2=O)c2ccccc21. The predicted octanol–water partition coefficient (Wildman–Crippen LogP) is 4.09. The number of methoxy groups -OCH3 is 1. The fraction of sp³-hybridized carbons (Fsp3) is 0.174. The normalized spacial score (nSPS) is 15.4. The molecule has 7 heteroatoms. The third-order valence-electron chi connectivity index (χ3n) is 4.97. The van der Waals surface area contributed by atoms with Crippen molar-refractivity contribution >= 4 is 45.9 Å². The van der Waals surface area contributed by atoms with E-state index < -0.39 is 0 Å². The lowest BCUT2D eigenvalue weighted by Gasteiger charge is -2.12. The summed E-state index contributed by atoms with van der Waals surface area (Å²) in [6.07, 6.45) is 4.15. The Morgan fingerprint density at radius 2 is 1.80 bits per heavy atom. The highest BCUT2D eigenvalue weighted by Gasteiger charge is 2.34. The van der Waals surface area contributed by atoms with Crippen LogP contribution in [0.3, 0.4) is 0 Å². The Morgan fingerprint density at radius 3 is 2.57 bits per heavy atom. The Hall–Kier alpha value is -3.32. The first-order chi connectivity index (χ1) is 14.6. The molecule has 2 aromatic carbocycles. The molecule has 0 aliphatic carbocycles. The number of amides is 2. The first-order valence-corrected chi connectivity index (χ1v) is 10.3. The molecule has 1 aliphatic rings. The number of hydrogen-bond donors (Lipinski definition) is 0. The van der Waals surface area contributed by atoms with Crippen molar-refractivity contribution in [2.75, 3.05) is 13.7 Å². The van der Waals surface area contributed by atoms with E-state index in [1.807, 2.05) is 54.6 Å². The topological polar surface area (TPSA) is 68.6 Å². The number of carbonyl (C=O) groups is 3. The second-order valence-electron chi connectivity index (χ2n) is 6.87. The van der Waals surface area contributed by atoms with Crippen LogP contribution in [-0.2, 0) is 27.3 Å². The molecular weight excluding hydrogens is 400 g/mol. The van der Waals surface area contributed by atoms with Gasteiger partial charge in [-0.3, -0.25) is 19.3 Å². The lowest BCUT2D eigenvalue weighted by atomic mass is 10.1. The van der Waals surface area contributed by atoms with Gasteiger partial charge in [0.1, 0.15) is 6.54 Å². The van der Waals surface area contributed by atoms with Crippen LogP contribution in [-0.4, -0.2) is 40.2 Å². The third kappa shape index (κ3) is 4.02. The lowest BCUT2D eigenvalue weighted by Crippen LogP contribution is -2.30. The lowest BCUT2D eigenvalue weighted by molar-refractivity contribution is -0.141. The van der Waals surface area contributed by atoms with E-state index in [1.54, 1.807) is 16.8 Å². The molecule has 1 fully saturated rings. The van der Waals surface area contributed by atoms with Crippen LogP contribution in [0.5, 0.6) is 0 Å². The van der Waals surface area contributed by atoms with Crippen molar-refractivity contribution in [2.45, 2.75) is 13.0 Å². The molecule has 6 nitrogen and oxygen atoms in total. The molecule has 0 N–H and O–H groups in total. The molecule has 0 radical (unpaired) electrons. The van der Waals surface area contributed by atoms with Crippen LogP contribution in [0, 0.1) is 0 Å². The summed E-state index contributed by atoms with van der Waals surface area (Å²) in [6, 6.07) is 17.4. The summed E-state index contributed by atoms with van der Waals surface area (Å²) in [5.74, 6) is -0.644. The van der Waals surface area contributed by atoms with E-state index in [1.165, 1.54) is 12.0 Å². The Bertz CT molecular complexity index is 1150. The number of para-hydroxylation sites is 1. The van der Waals surface area contributed by atoms with Crippen molar-refractivity contribution in [1.29, 1.82) is 0 Å². The van der Waals surface area contributed by atoms with Crippen LogP contribution in [0.15, 0.2) is 65.7 Å². The van der Waals surface area contributed by atoms with Crippen molar-refractivity contribution in [2.24, 2.45) is 0 Å². The number of hydrogen-bond acceptors (Lipinski definition) is 5. The number of esters is 1. The van der Waals surface area contributed by atoms with Crippen molar-refractivity contribution in [3.05, 3.63) is 76.8 Å². The zero-order valence-corrected chi connectivity index (χ0v) is 17.2. The van der Waals surface area contributed by atoms with Gasteiger partial charge in [0.25, 0.3) is 11.1 Å². The summed E-state index contributed by atoms with van der Waals surface area (Å²) in [5.41, 5.74) is 2.71. The molecule has 1 aromatic heterocycles. The number of ether oxygens (including phenoxy) is 1. The number of thioether (sulfide) groups is 1. The molecular formula is C23H20N2O4S. The average Bonchev–Trinajstić information content (AvgIpc) is 3.24. The Kier molecular flexibility index (Phi) is 5.72. The van der Waals surface area contributed by atoms with Gasteiger partial charge in [-0.2, -0.15) is 0 Å². The molecule has 30 heavy (non-hydrogen) atoms. The molecule has 0 saturated carbocycles. The van der Waals surface area contributed by atoms with Gasteiger partial charge in [0.15, 0.2) is 0 Å². The Labute approximate surface area is 178 Å². The van der Waals surface area contributed by atoms with E-state index in [9.17, 15) is 14.4 Å². The number of fused-ring (bicyclic) bond motifs is 1. The molecule has 0 atom stereocenters. The van der Waals surface area contributed by atoms with Gasteiger partial charge in [0.2, 0.25) is 0 Å². The maximum Gasteiger partial charge on any atom is 0.325 e. The molecule has 0 bridgehead atoms. The molecule has 152 valence electrons. The fourth-order valence-electron chi connectivity index (χ4n) is 3.44. The Balaban J connectivity index is 1.59. The molecule has 0 spiro atoms. The maximum absolute atomic E-state index is 12.8. The van der Waals surface area contributed by atoms with Crippen LogP contribution in [0.2, 0.25) is 0 Å². The summed E-state index contributed by atoms with van der Waals surface area (Å²) in [7, 11) is 1.35. The largest absolute Gasteiger partial charge is 0.468 e. The van der Waals surface area contributed by atoms with Crippen LogP contribution in [0.1, 0.15) is 11.1 Å². The maximum atomic E-state index is 12.8. The van der Waals surface area contributed by atoms with E-state index >= 15 is 0 Å². The van der Waals surface area contributed by atoms with Gasteiger partial charge < -0.3 is 9.30 Å².